The van der Waals surface area contributed by atoms with Gasteiger partial charge in [-0.1, -0.05) is 17.7 Å². The molecule has 4 aromatic rings. The van der Waals surface area contributed by atoms with Gasteiger partial charge in [0.25, 0.3) is 0 Å². The van der Waals surface area contributed by atoms with E-state index in [1.165, 1.54) is 12.1 Å². The lowest BCUT2D eigenvalue weighted by Crippen LogP contribution is -2.29. The molecule has 2 aliphatic heterocycles. The number of pyridine rings is 1. The summed E-state index contributed by atoms with van der Waals surface area (Å²) in [4.78, 5) is 18.0. The number of aromatic carboxylic acids is 1. The molecule has 0 aliphatic carbocycles. The first-order valence-electron chi connectivity index (χ1n) is 11.0. The second kappa shape index (κ2) is 8.85. The number of thiocarbonyl (C=S) groups is 1. The molecule has 0 radical (unpaired) electrons. The van der Waals surface area contributed by atoms with E-state index >= 15 is 0 Å². The number of carboxylic acids is 1. The third-order valence-electron chi connectivity index (χ3n) is 6.13. The van der Waals surface area contributed by atoms with Crippen molar-refractivity contribution in [3.05, 3.63) is 95.0 Å². The van der Waals surface area contributed by atoms with Gasteiger partial charge in [-0.25, -0.2) is 4.79 Å². The van der Waals surface area contributed by atoms with E-state index in [2.05, 4.69) is 10.3 Å². The second-order valence-electron chi connectivity index (χ2n) is 8.24. The van der Waals surface area contributed by atoms with Crippen LogP contribution in [0.1, 0.15) is 33.9 Å². The molecule has 2 aromatic heterocycles. The lowest BCUT2D eigenvalue weighted by molar-refractivity contribution is 0.0697. The number of hydrogen-bond donors (Lipinski definition) is 2. The number of hydrogen-bond acceptors (Lipinski definition) is 6. The minimum atomic E-state index is -1.05. The van der Waals surface area contributed by atoms with E-state index in [1.807, 2.05) is 47.4 Å². The van der Waals surface area contributed by atoms with E-state index in [9.17, 15) is 9.90 Å². The van der Waals surface area contributed by atoms with Gasteiger partial charge in [-0.3, -0.25) is 4.98 Å². The van der Waals surface area contributed by atoms with E-state index in [1.54, 1.807) is 18.3 Å². The van der Waals surface area contributed by atoms with Gasteiger partial charge in [0.15, 0.2) is 16.6 Å². The number of furan rings is 1. The number of nitrogens with one attached hydrogen (secondary N) is 1. The molecule has 6 rings (SSSR count). The Kier molecular flexibility index (Phi) is 5.50. The highest BCUT2D eigenvalue weighted by Gasteiger charge is 2.43. The van der Waals surface area contributed by atoms with E-state index in [4.69, 9.17) is 37.7 Å². The maximum absolute atomic E-state index is 11.5. The molecule has 0 saturated carbocycles. The lowest BCUT2D eigenvalue weighted by atomic mass is 10.0. The number of ether oxygens (including phenoxy) is 2. The van der Waals surface area contributed by atoms with Crippen LogP contribution in [0.3, 0.4) is 0 Å². The number of nitrogens with zero attached hydrogens (tertiary/aromatic N) is 2. The van der Waals surface area contributed by atoms with Crippen molar-refractivity contribution in [3.63, 3.8) is 0 Å². The number of benzene rings is 2. The third-order valence-corrected chi connectivity index (χ3v) is 6.77. The van der Waals surface area contributed by atoms with Crippen LogP contribution in [0.5, 0.6) is 11.5 Å². The Morgan fingerprint density at radius 2 is 1.94 bits per heavy atom. The second-order valence-corrected chi connectivity index (χ2v) is 9.03. The predicted octanol–water partition coefficient (Wildman–Crippen LogP) is 5.60. The van der Waals surface area contributed by atoms with Crippen molar-refractivity contribution in [2.75, 3.05) is 11.7 Å². The first-order valence-corrected chi connectivity index (χ1v) is 11.8. The van der Waals surface area contributed by atoms with E-state index in [-0.39, 0.29) is 18.4 Å². The minimum Gasteiger partial charge on any atom is -0.478 e. The van der Waals surface area contributed by atoms with Crippen molar-refractivity contribution < 1.29 is 23.8 Å². The smallest absolute Gasteiger partial charge is 0.335 e. The third kappa shape index (κ3) is 3.82. The molecule has 2 aromatic carbocycles. The summed E-state index contributed by atoms with van der Waals surface area (Å²) in [5.41, 5.74) is 2.19. The highest BCUT2D eigenvalue weighted by molar-refractivity contribution is 7.80. The molecule has 0 spiro atoms. The zero-order chi connectivity index (χ0) is 24.8. The molecule has 8 nitrogen and oxygen atoms in total. The molecule has 1 fully saturated rings. The zero-order valence-corrected chi connectivity index (χ0v) is 20.1. The summed E-state index contributed by atoms with van der Waals surface area (Å²) in [6, 6.07) is 18.7. The number of aromatic nitrogens is 1. The molecule has 180 valence electrons. The Balaban J connectivity index is 1.45. The molecule has 0 unspecified atom stereocenters. The first kappa shape index (κ1) is 22.4. The van der Waals surface area contributed by atoms with Gasteiger partial charge < -0.3 is 29.2 Å². The lowest BCUT2D eigenvalue weighted by Gasteiger charge is -2.26. The normalized spacial score (nSPS) is 18.4. The van der Waals surface area contributed by atoms with Crippen LogP contribution in [0.2, 0.25) is 5.02 Å². The highest BCUT2D eigenvalue weighted by Crippen LogP contribution is 2.45. The van der Waals surface area contributed by atoms with Crippen molar-refractivity contribution in [1.29, 1.82) is 0 Å². The van der Waals surface area contributed by atoms with Crippen LogP contribution in [0.25, 0.3) is 11.3 Å². The van der Waals surface area contributed by atoms with E-state index in [0.29, 0.717) is 38.7 Å². The summed E-state index contributed by atoms with van der Waals surface area (Å²) in [5, 5.41) is 13.7. The quantitative estimate of drug-likeness (QED) is 0.326. The number of halogens is 1. The Hall–Kier alpha value is -4.08. The molecule has 1 saturated heterocycles. The van der Waals surface area contributed by atoms with Crippen molar-refractivity contribution in [3.8, 4) is 22.8 Å². The first-order chi connectivity index (χ1) is 17.5. The summed E-state index contributed by atoms with van der Waals surface area (Å²) in [5.74, 6) is 1.30. The van der Waals surface area contributed by atoms with Gasteiger partial charge >= 0.3 is 5.97 Å². The van der Waals surface area contributed by atoms with Gasteiger partial charge in [-0.15, -0.1) is 0 Å². The number of carboxylic acid groups (broad SMARTS) is 1. The highest BCUT2D eigenvalue weighted by atomic mass is 35.5. The maximum Gasteiger partial charge on any atom is 0.335 e. The standard InChI is InChI=1S/C26H18ClN3O5S/c27-17-6-4-14(25(31)32)11-16(17)19-8-9-21(35-19)24-23(18-3-1-2-10-28-18)29-26(36)30(24)15-5-7-20-22(12-15)34-13-33-20/h1-12,23-24H,13H2,(H,29,36)(H,31,32)/t23-,24+/m0/s1. The van der Waals surface area contributed by atoms with Crippen LogP contribution in [0.15, 0.2) is 77.3 Å². The van der Waals surface area contributed by atoms with Crippen LogP contribution in [0.4, 0.5) is 5.69 Å². The summed E-state index contributed by atoms with van der Waals surface area (Å²) < 4.78 is 17.4. The number of anilines is 1. The summed E-state index contributed by atoms with van der Waals surface area (Å²) in [6.45, 7) is 0.166. The molecule has 0 amide bonds. The van der Waals surface area contributed by atoms with Gasteiger partial charge in [0.2, 0.25) is 6.79 Å². The van der Waals surface area contributed by atoms with E-state index in [0.717, 1.165) is 11.4 Å². The average molecular weight is 520 g/mol. The Morgan fingerprint density at radius 3 is 2.75 bits per heavy atom. The maximum atomic E-state index is 11.5. The molecule has 36 heavy (non-hydrogen) atoms. The molecular formula is C26H18ClN3O5S. The topological polar surface area (TPSA) is 97.1 Å². The fraction of sp³-hybridized carbons (Fsp3) is 0.115. The van der Waals surface area contributed by atoms with Crippen LogP contribution in [0, 0.1) is 0 Å². The summed E-state index contributed by atoms with van der Waals surface area (Å²) in [6.07, 6.45) is 1.73. The molecular weight excluding hydrogens is 502 g/mol. The largest absolute Gasteiger partial charge is 0.478 e. The number of rotatable bonds is 5. The molecule has 4 heterocycles. The monoisotopic (exact) mass is 519 g/mol. The van der Waals surface area contributed by atoms with Crippen LogP contribution < -0.4 is 19.7 Å². The van der Waals surface area contributed by atoms with Crippen molar-refractivity contribution >= 4 is 40.6 Å². The fourth-order valence-corrected chi connectivity index (χ4v) is 5.02. The molecule has 2 N–H and O–H groups in total. The number of carbonyl (C=O) groups is 1. The van der Waals surface area contributed by atoms with Gasteiger partial charge in [0.1, 0.15) is 17.6 Å². The van der Waals surface area contributed by atoms with Crippen molar-refractivity contribution in [2.45, 2.75) is 12.1 Å². The zero-order valence-electron chi connectivity index (χ0n) is 18.6. The Morgan fingerprint density at radius 1 is 1.08 bits per heavy atom. The van der Waals surface area contributed by atoms with Crippen LogP contribution in [-0.2, 0) is 0 Å². The Labute approximate surface area is 216 Å². The van der Waals surface area contributed by atoms with Gasteiger partial charge in [-0.05, 0) is 66.8 Å². The predicted molar refractivity (Wildman–Crippen MR) is 137 cm³/mol. The van der Waals surface area contributed by atoms with Crippen LogP contribution in [-0.4, -0.2) is 28.0 Å². The Bertz CT molecular complexity index is 1490. The molecule has 2 aliphatic rings. The van der Waals surface area contributed by atoms with Gasteiger partial charge in [0, 0.05) is 23.5 Å². The summed E-state index contributed by atoms with van der Waals surface area (Å²) in [7, 11) is 0. The fourth-order valence-electron chi connectivity index (χ4n) is 4.46. The SMILES string of the molecule is O=C(O)c1ccc(Cl)c(-c2ccc([C@@H]3[C@H](c4ccccn4)NC(=S)N3c3ccc4c(c3)OCO4)o2)c1. The van der Waals surface area contributed by atoms with Gasteiger partial charge in [-0.2, -0.15) is 0 Å². The average Bonchev–Trinajstić information content (AvgIpc) is 3.62. The van der Waals surface area contributed by atoms with Crippen molar-refractivity contribution in [1.82, 2.24) is 10.3 Å². The number of fused-ring (bicyclic) bond motifs is 1. The van der Waals surface area contributed by atoms with E-state index < -0.39 is 12.0 Å². The molecule has 2 atom stereocenters. The summed E-state index contributed by atoms with van der Waals surface area (Å²) >= 11 is 12.2. The molecule has 10 heteroatoms. The minimum absolute atomic E-state index is 0.115. The van der Waals surface area contributed by atoms with Crippen LogP contribution >= 0.6 is 23.8 Å². The van der Waals surface area contributed by atoms with Gasteiger partial charge in [0.05, 0.1) is 22.3 Å². The molecule has 0 bridgehead atoms. The van der Waals surface area contributed by atoms with Crippen molar-refractivity contribution in [2.24, 2.45) is 0 Å².